The van der Waals surface area contributed by atoms with Crippen LogP contribution in [0.5, 0.6) is 0 Å². The van der Waals surface area contributed by atoms with E-state index >= 15 is 0 Å². The number of hydrogen-bond donors (Lipinski definition) is 3. The first kappa shape index (κ1) is 13.9. The summed E-state index contributed by atoms with van der Waals surface area (Å²) in [5.74, 6) is 0. The van der Waals surface area contributed by atoms with Crippen molar-refractivity contribution in [3.63, 3.8) is 0 Å². The molecule has 1 unspecified atom stereocenters. The molecule has 1 aromatic rings. The zero-order valence-electron chi connectivity index (χ0n) is 11.7. The number of amides is 1. The van der Waals surface area contributed by atoms with Gasteiger partial charge in [0.2, 0.25) is 0 Å². The SMILES string of the molecule is CC(C)(C)OC(=O)Nc1cn[nH]c1C1CCCCN1. The molecule has 0 aliphatic carbocycles. The molecule has 19 heavy (non-hydrogen) atoms. The van der Waals surface area contributed by atoms with Crippen LogP contribution in [0.25, 0.3) is 0 Å². The van der Waals surface area contributed by atoms with Crippen LogP contribution in [0.2, 0.25) is 0 Å². The highest BCUT2D eigenvalue weighted by Crippen LogP contribution is 2.27. The van der Waals surface area contributed by atoms with Gasteiger partial charge in [-0.3, -0.25) is 10.4 Å². The van der Waals surface area contributed by atoms with Gasteiger partial charge in [-0.2, -0.15) is 5.10 Å². The summed E-state index contributed by atoms with van der Waals surface area (Å²) in [7, 11) is 0. The predicted molar refractivity (Wildman–Crippen MR) is 73.0 cm³/mol. The van der Waals surface area contributed by atoms with E-state index in [0.717, 1.165) is 18.7 Å². The van der Waals surface area contributed by atoms with E-state index in [1.807, 2.05) is 20.8 Å². The highest BCUT2D eigenvalue weighted by Gasteiger charge is 2.22. The van der Waals surface area contributed by atoms with Gasteiger partial charge in [-0.15, -0.1) is 0 Å². The van der Waals surface area contributed by atoms with Crippen molar-refractivity contribution < 1.29 is 9.53 Å². The first-order valence-corrected chi connectivity index (χ1v) is 6.72. The molecule has 6 nitrogen and oxygen atoms in total. The van der Waals surface area contributed by atoms with Gasteiger partial charge in [-0.05, 0) is 40.2 Å². The summed E-state index contributed by atoms with van der Waals surface area (Å²) < 4.78 is 5.24. The summed E-state index contributed by atoms with van der Waals surface area (Å²) in [4.78, 5) is 11.8. The molecule has 1 aromatic heterocycles. The van der Waals surface area contributed by atoms with Crippen molar-refractivity contribution in [1.29, 1.82) is 0 Å². The van der Waals surface area contributed by atoms with Gasteiger partial charge < -0.3 is 10.1 Å². The quantitative estimate of drug-likeness (QED) is 0.768. The molecule has 0 radical (unpaired) electrons. The number of nitrogens with one attached hydrogen (secondary N) is 3. The van der Waals surface area contributed by atoms with Crippen molar-refractivity contribution in [2.24, 2.45) is 0 Å². The third-order valence-corrected chi connectivity index (χ3v) is 2.96. The fourth-order valence-corrected chi connectivity index (χ4v) is 2.17. The molecular formula is C13H22N4O2. The van der Waals surface area contributed by atoms with Crippen LogP contribution in [0, 0.1) is 0 Å². The lowest BCUT2D eigenvalue weighted by Gasteiger charge is -2.24. The summed E-state index contributed by atoms with van der Waals surface area (Å²) in [6, 6.07) is 0.223. The topological polar surface area (TPSA) is 79.0 Å². The van der Waals surface area contributed by atoms with E-state index < -0.39 is 11.7 Å². The number of piperidine rings is 1. The fourth-order valence-electron chi connectivity index (χ4n) is 2.17. The van der Waals surface area contributed by atoms with Crippen LogP contribution in [0.1, 0.15) is 51.8 Å². The lowest BCUT2D eigenvalue weighted by Crippen LogP contribution is -2.30. The molecule has 0 spiro atoms. The molecule has 3 N–H and O–H groups in total. The molecule has 1 aliphatic heterocycles. The average Bonchev–Trinajstić information content (AvgIpc) is 2.75. The highest BCUT2D eigenvalue weighted by molar-refractivity contribution is 5.85. The number of ether oxygens (including phenoxy) is 1. The number of carbonyl (C=O) groups is 1. The second-order valence-corrected chi connectivity index (χ2v) is 5.83. The molecular weight excluding hydrogens is 244 g/mol. The normalized spacial score (nSPS) is 20.1. The number of carbonyl (C=O) groups excluding carboxylic acids is 1. The monoisotopic (exact) mass is 266 g/mol. The van der Waals surface area contributed by atoms with Crippen LogP contribution in [0.15, 0.2) is 6.20 Å². The maximum atomic E-state index is 11.8. The second-order valence-electron chi connectivity index (χ2n) is 5.83. The Morgan fingerprint density at radius 3 is 2.89 bits per heavy atom. The van der Waals surface area contributed by atoms with Crippen LogP contribution in [0.4, 0.5) is 10.5 Å². The molecule has 1 aliphatic rings. The fraction of sp³-hybridized carbons (Fsp3) is 0.692. The minimum Gasteiger partial charge on any atom is -0.444 e. The molecule has 1 amide bonds. The van der Waals surface area contributed by atoms with Crippen molar-refractivity contribution in [3.8, 4) is 0 Å². The number of aromatic nitrogens is 2. The Morgan fingerprint density at radius 2 is 2.26 bits per heavy atom. The Labute approximate surface area is 113 Å². The Balaban J connectivity index is 2.01. The largest absolute Gasteiger partial charge is 0.444 e. The molecule has 0 aromatic carbocycles. The van der Waals surface area contributed by atoms with Crippen LogP contribution < -0.4 is 10.6 Å². The molecule has 0 bridgehead atoms. The third kappa shape index (κ3) is 3.96. The first-order chi connectivity index (χ1) is 8.96. The molecule has 1 atom stereocenters. The number of H-pyrrole nitrogens is 1. The number of anilines is 1. The molecule has 106 valence electrons. The Morgan fingerprint density at radius 1 is 1.47 bits per heavy atom. The second kappa shape index (κ2) is 5.61. The zero-order chi connectivity index (χ0) is 13.9. The van der Waals surface area contributed by atoms with Crippen molar-refractivity contribution in [1.82, 2.24) is 15.5 Å². The van der Waals surface area contributed by atoms with E-state index in [2.05, 4.69) is 20.8 Å². The van der Waals surface area contributed by atoms with Gasteiger partial charge in [-0.25, -0.2) is 4.79 Å². The maximum absolute atomic E-state index is 11.8. The van der Waals surface area contributed by atoms with E-state index in [-0.39, 0.29) is 6.04 Å². The number of nitrogens with zero attached hydrogens (tertiary/aromatic N) is 1. The van der Waals surface area contributed by atoms with Gasteiger partial charge >= 0.3 is 6.09 Å². The van der Waals surface area contributed by atoms with Crippen molar-refractivity contribution >= 4 is 11.8 Å². The molecule has 2 heterocycles. The van der Waals surface area contributed by atoms with Crippen LogP contribution in [-0.2, 0) is 4.74 Å². The molecule has 6 heteroatoms. The van der Waals surface area contributed by atoms with Crippen molar-refractivity contribution in [3.05, 3.63) is 11.9 Å². The summed E-state index contributed by atoms with van der Waals surface area (Å²) in [6.45, 7) is 6.51. The zero-order valence-corrected chi connectivity index (χ0v) is 11.7. The molecule has 2 rings (SSSR count). The number of rotatable bonds is 2. The van der Waals surface area contributed by atoms with Gasteiger partial charge in [0, 0.05) is 0 Å². The number of hydrogen-bond acceptors (Lipinski definition) is 4. The van der Waals surface area contributed by atoms with Crippen LogP contribution >= 0.6 is 0 Å². The van der Waals surface area contributed by atoms with E-state index in [1.54, 1.807) is 6.20 Å². The smallest absolute Gasteiger partial charge is 0.412 e. The Kier molecular flexibility index (Phi) is 4.09. The minimum absolute atomic E-state index is 0.223. The van der Waals surface area contributed by atoms with Gasteiger partial charge in [0.05, 0.1) is 23.6 Å². The van der Waals surface area contributed by atoms with Crippen LogP contribution in [0.3, 0.4) is 0 Å². The number of aromatic amines is 1. The summed E-state index contributed by atoms with van der Waals surface area (Å²) in [5.41, 5.74) is 1.11. The molecule has 1 fully saturated rings. The van der Waals surface area contributed by atoms with Gasteiger partial charge in [-0.1, -0.05) is 6.42 Å². The van der Waals surface area contributed by atoms with Gasteiger partial charge in [0.25, 0.3) is 0 Å². The van der Waals surface area contributed by atoms with Crippen molar-refractivity contribution in [2.45, 2.75) is 51.7 Å². The van der Waals surface area contributed by atoms with E-state index in [9.17, 15) is 4.79 Å². The first-order valence-electron chi connectivity index (χ1n) is 6.72. The van der Waals surface area contributed by atoms with Crippen molar-refractivity contribution in [2.75, 3.05) is 11.9 Å². The lowest BCUT2D eigenvalue weighted by atomic mass is 10.0. The van der Waals surface area contributed by atoms with Crippen LogP contribution in [-0.4, -0.2) is 28.4 Å². The summed E-state index contributed by atoms with van der Waals surface area (Å²) in [5, 5.41) is 13.1. The average molecular weight is 266 g/mol. The van der Waals surface area contributed by atoms with E-state index in [0.29, 0.717) is 5.69 Å². The third-order valence-electron chi connectivity index (χ3n) is 2.96. The molecule has 1 saturated heterocycles. The minimum atomic E-state index is -0.503. The Hall–Kier alpha value is -1.56. The van der Waals surface area contributed by atoms with E-state index in [1.165, 1.54) is 12.8 Å². The molecule has 0 saturated carbocycles. The summed E-state index contributed by atoms with van der Waals surface area (Å²) >= 11 is 0. The summed E-state index contributed by atoms with van der Waals surface area (Å²) in [6.07, 6.45) is 4.59. The van der Waals surface area contributed by atoms with E-state index in [4.69, 9.17) is 4.74 Å². The Bertz CT molecular complexity index is 430. The predicted octanol–water partition coefficient (Wildman–Crippen LogP) is 2.57. The van der Waals surface area contributed by atoms with Gasteiger partial charge in [0.15, 0.2) is 0 Å². The maximum Gasteiger partial charge on any atom is 0.412 e. The lowest BCUT2D eigenvalue weighted by molar-refractivity contribution is 0.0635. The van der Waals surface area contributed by atoms with Gasteiger partial charge in [0.1, 0.15) is 5.60 Å². The standard InChI is InChI=1S/C13H22N4O2/c1-13(2,3)19-12(18)16-10-8-15-17-11(10)9-6-4-5-7-14-9/h8-9,14H,4-7H2,1-3H3,(H,15,17)(H,16,18). The highest BCUT2D eigenvalue weighted by atomic mass is 16.6.